The van der Waals surface area contributed by atoms with Crippen LogP contribution in [-0.4, -0.2) is 40.9 Å². The number of benzene rings is 1. The van der Waals surface area contributed by atoms with Crippen molar-refractivity contribution in [3.05, 3.63) is 53.3 Å². The number of hydrogen-bond donors (Lipinski definition) is 2. The van der Waals surface area contributed by atoms with E-state index in [1.165, 1.54) is 0 Å². The Morgan fingerprint density at radius 2 is 1.85 bits per heavy atom. The van der Waals surface area contributed by atoms with Gasteiger partial charge in [0.05, 0.1) is 16.8 Å². The maximum absolute atomic E-state index is 12.2. The van der Waals surface area contributed by atoms with Crippen LogP contribution >= 0.6 is 11.6 Å². The van der Waals surface area contributed by atoms with Gasteiger partial charge in [0.2, 0.25) is 0 Å². The van der Waals surface area contributed by atoms with E-state index in [-0.39, 0.29) is 6.04 Å². The van der Waals surface area contributed by atoms with E-state index in [2.05, 4.69) is 26.2 Å². The average Bonchev–Trinajstić information content (AvgIpc) is 3.30. The molecule has 1 aromatic heterocycles. The largest absolute Gasteiger partial charge is 0.353 e. The molecule has 2 aromatic rings. The lowest BCUT2D eigenvalue weighted by molar-refractivity contribution is -0.136. The molecule has 0 radical (unpaired) electrons. The number of likely N-dealkylation sites (tertiary alicyclic amines) is 1. The normalized spacial score (nSPS) is 15.6. The fraction of sp³-hybridized carbons (Fsp3) is 0.368. The Bertz CT molecular complexity index is 783. The summed E-state index contributed by atoms with van der Waals surface area (Å²) in [6, 6.07) is 10.9. The van der Waals surface area contributed by atoms with Crippen LogP contribution in [-0.2, 0) is 16.6 Å². The van der Waals surface area contributed by atoms with Crippen molar-refractivity contribution in [1.29, 1.82) is 0 Å². The number of hydrogen-bond acceptors (Lipinski definition) is 3. The smallest absolute Gasteiger partial charge is 0.313 e. The highest BCUT2D eigenvalue weighted by molar-refractivity contribution is 6.41. The minimum absolute atomic E-state index is 0.0505. The van der Waals surface area contributed by atoms with Crippen LogP contribution in [0.5, 0.6) is 0 Å². The molecule has 0 saturated carbocycles. The van der Waals surface area contributed by atoms with Crippen molar-refractivity contribution >= 4 is 29.1 Å². The summed E-state index contributed by atoms with van der Waals surface area (Å²) >= 11 is 6.02. The number of rotatable bonds is 5. The van der Waals surface area contributed by atoms with E-state index in [1.807, 2.05) is 19.3 Å². The second-order valence-electron chi connectivity index (χ2n) is 6.45. The molecule has 6 nitrogen and oxygen atoms in total. The van der Waals surface area contributed by atoms with Gasteiger partial charge in [-0.2, -0.15) is 0 Å². The van der Waals surface area contributed by atoms with Crippen LogP contribution in [0.25, 0.3) is 0 Å². The van der Waals surface area contributed by atoms with E-state index in [1.54, 1.807) is 24.3 Å². The summed E-state index contributed by atoms with van der Waals surface area (Å²) in [7, 11) is 1.99. The van der Waals surface area contributed by atoms with Gasteiger partial charge in [0, 0.05) is 25.5 Å². The van der Waals surface area contributed by atoms with Crippen LogP contribution in [0.3, 0.4) is 0 Å². The number of aryl methyl sites for hydroxylation is 1. The quantitative estimate of drug-likeness (QED) is 0.790. The fourth-order valence-electron chi connectivity index (χ4n) is 3.31. The molecule has 0 aliphatic carbocycles. The van der Waals surface area contributed by atoms with Gasteiger partial charge < -0.3 is 15.2 Å². The third-order valence-corrected chi connectivity index (χ3v) is 5.02. The van der Waals surface area contributed by atoms with Crippen molar-refractivity contribution in [3.8, 4) is 0 Å². The van der Waals surface area contributed by atoms with Crippen LogP contribution < -0.4 is 10.6 Å². The van der Waals surface area contributed by atoms with Crippen molar-refractivity contribution in [2.75, 3.05) is 25.0 Å². The molecule has 1 atom stereocenters. The molecule has 0 spiro atoms. The molecule has 2 N–H and O–H groups in total. The summed E-state index contributed by atoms with van der Waals surface area (Å²) in [6.45, 7) is 2.38. The Labute approximate surface area is 158 Å². The standard InChI is InChI=1S/C19H23ClN4O2/c1-23-10-6-9-16(23)17(24-11-4-5-12-24)13-21-18(25)19(26)22-15-8-3-2-7-14(15)20/h2-3,6-10,17H,4-5,11-13H2,1H3,(H,21,25)(H,22,26). The first-order valence-corrected chi connectivity index (χ1v) is 9.13. The van der Waals surface area contributed by atoms with E-state index >= 15 is 0 Å². The maximum Gasteiger partial charge on any atom is 0.313 e. The Balaban J connectivity index is 1.63. The first-order valence-electron chi connectivity index (χ1n) is 8.75. The number of halogens is 1. The van der Waals surface area contributed by atoms with Crippen molar-refractivity contribution in [2.45, 2.75) is 18.9 Å². The summed E-state index contributed by atoms with van der Waals surface area (Å²) in [5, 5.41) is 5.71. The molecule has 1 unspecified atom stereocenters. The summed E-state index contributed by atoms with van der Waals surface area (Å²) in [4.78, 5) is 26.7. The zero-order valence-corrected chi connectivity index (χ0v) is 15.5. The molecule has 1 aliphatic rings. The second kappa shape index (κ2) is 8.38. The van der Waals surface area contributed by atoms with Gasteiger partial charge in [-0.1, -0.05) is 23.7 Å². The van der Waals surface area contributed by atoms with Crippen LogP contribution in [0.1, 0.15) is 24.6 Å². The fourth-order valence-corrected chi connectivity index (χ4v) is 3.49. The number of amides is 2. The average molecular weight is 375 g/mol. The van der Waals surface area contributed by atoms with Gasteiger partial charge in [-0.15, -0.1) is 0 Å². The minimum Gasteiger partial charge on any atom is -0.353 e. The lowest BCUT2D eigenvalue weighted by Gasteiger charge is -2.28. The van der Waals surface area contributed by atoms with Crippen molar-refractivity contribution in [1.82, 2.24) is 14.8 Å². The van der Waals surface area contributed by atoms with Crippen molar-refractivity contribution in [3.63, 3.8) is 0 Å². The van der Waals surface area contributed by atoms with Gasteiger partial charge in [0.25, 0.3) is 0 Å². The van der Waals surface area contributed by atoms with Crippen LogP contribution in [0.4, 0.5) is 5.69 Å². The second-order valence-corrected chi connectivity index (χ2v) is 6.85. The SMILES string of the molecule is Cn1cccc1C(CNC(=O)C(=O)Nc1ccccc1Cl)N1CCCC1. The Morgan fingerprint density at radius 3 is 2.50 bits per heavy atom. The molecule has 7 heteroatoms. The third-order valence-electron chi connectivity index (χ3n) is 4.69. The lowest BCUT2D eigenvalue weighted by Crippen LogP contribution is -2.41. The van der Waals surface area contributed by atoms with Crippen LogP contribution in [0.2, 0.25) is 5.02 Å². The highest BCUT2D eigenvalue weighted by atomic mass is 35.5. The minimum atomic E-state index is -0.717. The summed E-state index contributed by atoms with van der Waals surface area (Å²) in [5.41, 5.74) is 1.55. The van der Waals surface area contributed by atoms with E-state index in [0.717, 1.165) is 31.6 Å². The maximum atomic E-state index is 12.2. The van der Waals surface area contributed by atoms with E-state index in [9.17, 15) is 9.59 Å². The van der Waals surface area contributed by atoms with Crippen molar-refractivity contribution in [2.24, 2.45) is 7.05 Å². The molecule has 1 aromatic carbocycles. The molecule has 26 heavy (non-hydrogen) atoms. The number of carbonyl (C=O) groups excluding carboxylic acids is 2. The topological polar surface area (TPSA) is 66.4 Å². The van der Waals surface area contributed by atoms with Gasteiger partial charge in [0.15, 0.2) is 0 Å². The predicted octanol–water partition coefficient (Wildman–Crippen LogP) is 2.57. The summed E-state index contributed by atoms with van der Waals surface area (Å²) < 4.78 is 2.05. The van der Waals surface area contributed by atoms with Gasteiger partial charge in [-0.3, -0.25) is 14.5 Å². The highest BCUT2D eigenvalue weighted by Gasteiger charge is 2.26. The van der Waals surface area contributed by atoms with E-state index in [4.69, 9.17) is 11.6 Å². The zero-order valence-electron chi connectivity index (χ0n) is 14.7. The van der Waals surface area contributed by atoms with Gasteiger partial charge >= 0.3 is 11.8 Å². The summed E-state index contributed by atoms with van der Waals surface area (Å²) in [6.07, 6.45) is 4.30. The number of para-hydroxylation sites is 1. The molecule has 3 rings (SSSR count). The number of aromatic nitrogens is 1. The summed E-state index contributed by atoms with van der Waals surface area (Å²) in [5.74, 6) is -1.38. The highest BCUT2D eigenvalue weighted by Crippen LogP contribution is 2.24. The number of carbonyl (C=O) groups is 2. The Hall–Kier alpha value is -2.31. The molecule has 1 saturated heterocycles. The van der Waals surface area contributed by atoms with Gasteiger partial charge in [-0.25, -0.2) is 0 Å². The molecule has 0 bridgehead atoms. The molecule has 1 aliphatic heterocycles. The number of nitrogens with zero attached hydrogens (tertiary/aromatic N) is 2. The molecular weight excluding hydrogens is 352 g/mol. The molecule has 138 valence electrons. The number of anilines is 1. The molecule has 2 heterocycles. The van der Waals surface area contributed by atoms with E-state index < -0.39 is 11.8 Å². The molecule has 1 fully saturated rings. The van der Waals surface area contributed by atoms with Gasteiger partial charge in [0.1, 0.15) is 0 Å². The Kier molecular flexibility index (Phi) is 5.96. The molecule has 2 amide bonds. The third kappa shape index (κ3) is 4.26. The first kappa shape index (κ1) is 18.5. The van der Waals surface area contributed by atoms with Crippen LogP contribution in [0.15, 0.2) is 42.6 Å². The predicted molar refractivity (Wildman–Crippen MR) is 102 cm³/mol. The Morgan fingerprint density at radius 1 is 1.12 bits per heavy atom. The van der Waals surface area contributed by atoms with Crippen molar-refractivity contribution < 1.29 is 9.59 Å². The zero-order chi connectivity index (χ0) is 18.5. The lowest BCUT2D eigenvalue weighted by atomic mass is 10.1. The number of nitrogens with one attached hydrogen (secondary N) is 2. The molecular formula is C19H23ClN4O2. The van der Waals surface area contributed by atoms with Crippen LogP contribution in [0, 0.1) is 0 Å². The monoisotopic (exact) mass is 374 g/mol. The van der Waals surface area contributed by atoms with Gasteiger partial charge in [-0.05, 0) is 50.2 Å². The first-order chi connectivity index (χ1) is 12.6. The van der Waals surface area contributed by atoms with E-state index in [0.29, 0.717) is 17.3 Å².